The number of H-pyrrole nitrogens is 1. The first-order valence-corrected chi connectivity index (χ1v) is 10.1. The van der Waals surface area contributed by atoms with E-state index < -0.39 is 4.92 Å². The minimum atomic E-state index is -0.494. The molecule has 170 valence electrons. The molecule has 4 aromatic rings. The van der Waals surface area contributed by atoms with Crippen molar-refractivity contribution >= 4 is 16.7 Å². The van der Waals surface area contributed by atoms with Crippen molar-refractivity contribution in [1.82, 2.24) is 9.97 Å². The lowest BCUT2D eigenvalue weighted by molar-refractivity contribution is -0.386. The van der Waals surface area contributed by atoms with E-state index >= 15 is 0 Å². The van der Waals surface area contributed by atoms with Crippen LogP contribution in [0.1, 0.15) is 11.1 Å². The molecule has 0 aliphatic heterocycles. The van der Waals surface area contributed by atoms with Gasteiger partial charge in [-0.1, -0.05) is 29.8 Å². The summed E-state index contributed by atoms with van der Waals surface area (Å²) in [6.45, 7) is 2.14. The normalized spacial score (nSPS) is 10.8. The predicted molar refractivity (Wildman–Crippen MR) is 123 cm³/mol. The van der Waals surface area contributed by atoms with Crippen LogP contribution in [-0.4, -0.2) is 36.2 Å². The van der Waals surface area contributed by atoms with E-state index in [0.29, 0.717) is 33.9 Å². The maximum absolute atomic E-state index is 11.9. The summed E-state index contributed by atoms with van der Waals surface area (Å²) >= 11 is 0. The standard InChI is InChI=1S/C24H23N3O6/c1-14-6-5-7-15(8-14)13-33-23-19(27(28)29)9-16(10-22(23)32-4)24-25-17-11-20(30-2)21(31-3)12-18(17)26-24/h5-12H,13H2,1-4H3,(H,25,26). The highest BCUT2D eigenvalue weighted by atomic mass is 16.6. The largest absolute Gasteiger partial charge is 0.493 e. The number of nitrogens with one attached hydrogen (secondary N) is 1. The molecule has 0 unspecified atom stereocenters. The summed E-state index contributed by atoms with van der Waals surface area (Å²) in [6.07, 6.45) is 0. The van der Waals surface area contributed by atoms with Crippen molar-refractivity contribution in [3.05, 3.63) is 69.8 Å². The Morgan fingerprint density at radius 1 is 0.970 bits per heavy atom. The molecule has 1 heterocycles. The van der Waals surface area contributed by atoms with Crippen LogP contribution in [0.2, 0.25) is 0 Å². The van der Waals surface area contributed by atoms with Crippen molar-refractivity contribution in [2.45, 2.75) is 13.5 Å². The van der Waals surface area contributed by atoms with Gasteiger partial charge in [-0.25, -0.2) is 4.98 Å². The third-order valence-electron chi connectivity index (χ3n) is 5.18. The molecule has 0 bridgehead atoms. The molecule has 0 aliphatic carbocycles. The molecular formula is C24H23N3O6. The first-order chi connectivity index (χ1) is 15.9. The van der Waals surface area contributed by atoms with E-state index in [1.54, 1.807) is 32.4 Å². The van der Waals surface area contributed by atoms with E-state index in [-0.39, 0.29) is 23.8 Å². The minimum absolute atomic E-state index is 0.0622. The highest BCUT2D eigenvalue weighted by Gasteiger charge is 2.24. The topological polar surface area (TPSA) is 109 Å². The zero-order chi connectivity index (χ0) is 23.5. The second-order valence-corrected chi connectivity index (χ2v) is 7.37. The number of ether oxygens (including phenoxy) is 4. The van der Waals surface area contributed by atoms with Crippen LogP contribution in [0.3, 0.4) is 0 Å². The smallest absolute Gasteiger partial charge is 0.315 e. The fourth-order valence-corrected chi connectivity index (χ4v) is 3.59. The lowest BCUT2D eigenvalue weighted by Crippen LogP contribution is -2.02. The lowest BCUT2D eigenvalue weighted by Gasteiger charge is -2.12. The van der Waals surface area contributed by atoms with E-state index in [1.165, 1.54) is 13.2 Å². The number of methoxy groups -OCH3 is 3. The fraction of sp³-hybridized carbons (Fsp3) is 0.208. The molecule has 0 spiro atoms. The molecule has 0 saturated heterocycles. The summed E-state index contributed by atoms with van der Waals surface area (Å²) in [5.74, 6) is 1.82. The molecule has 0 saturated carbocycles. The fourth-order valence-electron chi connectivity index (χ4n) is 3.59. The Bertz CT molecular complexity index is 1290. The van der Waals surface area contributed by atoms with Crippen LogP contribution >= 0.6 is 0 Å². The van der Waals surface area contributed by atoms with E-state index in [9.17, 15) is 10.1 Å². The number of nitro groups is 1. The molecule has 0 amide bonds. The van der Waals surface area contributed by atoms with Gasteiger partial charge in [-0.05, 0) is 18.6 Å². The maximum atomic E-state index is 11.9. The molecular weight excluding hydrogens is 426 g/mol. The molecule has 3 aromatic carbocycles. The quantitative estimate of drug-likeness (QED) is 0.296. The summed E-state index contributed by atoms with van der Waals surface area (Å²) in [6, 6.07) is 14.3. The number of imidazole rings is 1. The Labute approximate surface area is 190 Å². The Morgan fingerprint density at radius 3 is 2.36 bits per heavy atom. The number of nitro benzene ring substituents is 1. The first-order valence-electron chi connectivity index (χ1n) is 10.1. The predicted octanol–water partition coefficient (Wildman–Crippen LogP) is 5.05. The molecule has 9 nitrogen and oxygen atoms in total. The molecule has 9 heteroatoms. The second kappa shape index (κ2) is 9.07. The van der Waals surface area contributed by atoms with Crippen molar-refractivity contribution in [2.24, 2.45) is 0 Å². The Hall–Kier alpha value is -4.27. The van der Waals surface area contributed by atoms with Gasteiger partial charge in [0.1, 0.15) is 12.4 Å². The lowest BCUT2D eigenvalue weighted by atomic mass is 10.1. The number of fused-ring (bicyclic) bond motifs is 1. The first kappa shape index (κ1) is 21.9. The van der Waals surface area contributed by atoms with Crippen LogP contribution in [0, 0.1) is 17.0 Å². The molecule has 1 N–H and O–H groups in total. The second-order valence-electron chi connectivity index (χ2n) is 7.37. The zero-order valence-electron chi connectivity index (χ0n) is 18.7. The van der Waals surface area contributed by atoms with Crippen molar-refractivity contribution in [2.75, 3.05) is 21.3 Å². The van der Waals surface area contributed by atoms with Gasteiger partial charge in [0.2, 0.25) is 5.75 Å². The number of benzene rings is 3. The van der Waals surface area contributed by atoms with Crippen LogP contribution in [0.4, 0.5) is 5.69 Å². The van der Waals surface area contributed by atoms with Gasteiger partial charge in [-0.3, -0.25) is 10.1 Å². The van der Waals surface area contributed by atoms with Crippen LogP contribution in [0.15, 0.2) is 48.5 Å². The Balaban J connectivity index is 1.75. The highest BCUT2D eigenvalue weighted by molar-refractivity contribution is 5.84. The van der Waals surface area contributed by atoms with Gasteiger partial charge in [0.25, 0.3) is 0 Å². The van der Waals surface area contributed by atoms with Crippen molar-refractivity contribution in [3.8, 4) is 34.4 Å². The van der Waals surface area contributed by atoms with Gasteiger partial charge >= 0.3 is 5.69 Å². The van der Waals surface area contributed by atoms with Crippen molar-refractivity contribution < 1.29 is 23.9 Å². The van der Waals surface area contributed by atoms with E-state index in [0.717, 1.165) is 11.1 Å². The monoisotopic (exact) mass is 449 g/mol. The summed E-state index contributed by atoms with van der Waals surface area (Å²) in [7, 11) is 4.53. The number of aryl methyl sites for hydroxylation is 1. The Kier molecular flexibility index (Phi) is 6.03. The number of hydrogen-bond donors (Lipinski definition) is 1. The maximum Gasteiger partial charge on any atom is 0.315 e. The SMILES string of the molecule is COc1cc2nc(-c3cc(OC)c(OCc4cccc(C)c4)c([N+](=O)[O-])c3)[nH]c2cc1OC. The third kappa shape index (κ3) is 4.38. The average Bonchev–Trinajstić information content (AvgIpc) is 3.24. The molecule has 0 aliphatic rings. The summed E-state index contributed by atoms with van der Waals surface area (Å²) < 4.78 is 22.0. The summed E-state index contributed by atoms with van der Waals surface area (Å²) in [4.78, 5) is 19.1. The van der Waals surface area contributed by atoms with E-state index in [4.69, 9.17) is 18.9 Å². The molecule has 0 fully saturated rings. The number of hydrogen-bond acceptors (Lipinski definition) is 7. The van der Waals surface area contributed by atoms with Crippen LogP contribution in [0.5, 0.6) is 23.0 Å². The van der Waals surface area contributed by atoms with Gasteiger partial charge < -0.3 is 23.9 Å². The summed E-state index contributed by atoms with van der Waals surface area (Å²) in [5.41, 5.74) is 3.57. The highest BCUT2D eigenvalue weighted by Crippen LogP contribution is 2.42. The average molecular weight is 449 g/mol. The van der Waals surface area contributed by atoms with Crippen LogP contribution < -0.4 is 18.9 Å². The molecule has 33 heavy (non-hydrogen) atoms. The van der Waals surface area contributed by atoms with Crippen LogP contribution in [0.25, 0.3) is 22.4 Å². The Morgan fingerprint density at radius 2 is 1.70 bits per heavy atom. The van der Waals surface area contributed by atoms with Gasteiger partial charge in [-0.15, -0.1) is 0 Å². The van der Waals surface area contributed by atoms with E-state index in [2.05, 4.69) is 9.97 Å². The number of rotatable bonds is 8. The summed E-state index contributed by atoms with van der Waals surface area (Å²) in [5, 5.41) is 11.9. The zero-order valence-corrected chi connectivity index (χ0v) is 18.7. The molecule has 1 aromatic heterocycles. The van der Waals surface area contributed by atoms with Crippen molar-refractivity contribution in [1.29, 1.82) is 0 Å². The number of aromatic nitrogens is 2. The minimum Gasteiger partial charge on any atom is -0.493 e. The van der Waals surface area contributed by atoms with Gasteiger partial charge in [-0.2, -0.15) is 0 Å². The van der Waals surface area contributed by atoms with E-state index in [1.807, 2.05) is 31.2 Å². The van der Waals surface area contributed by atoms with Gasteiger partial charge in [0, 0.05) is 23.8 Å². The van der Waals surface area contributed by atoms with Crippen molar-refractivity contribution in [3.63, 3.8) is 0 Å². The molecule has 0 radical (unpaired) electrons. The third-order valence-corrected chi connectivity index (χ3v) is 5.18. The van der Waals surface area contributed by atoms with Gasteiger partial charge in [0.15, 0.2) is 17.2 Å². The number of nitrogens with zero attached hydrogens (tertiary/aromatic N) is 2. The molecule has 0 atom stereocenters. The van der Waals surface area contributed by atoms with Gasteiger partial charge in [0.05, 0.1) is 37.3 Å². The molecule has 4 rings (SSSR count). The van der Waals surface area contributed by atoms with Crippen LogP contribution in [-0.2, 0) is 6.61 Å². The number of aromatic amines is 1.